The highest BCUT2D eigenvalue weighted by atomic mass is 19.4. The second-order valence-corrected chi connectivity index (χ2v) is 7.97. The number of hydrogen-bond donors (Lipinski definition) is 1. The summed E-state index contributed by atoms with van der Waals surface area (Å²) in [5.74, 6) is -0.338. The number of aromatic nitrogens is 5. The Balaban J connectivity index is 1.41. The molecular formula is C22H19F3N6O. The quantitative estimate of drug-likeness (QED) is 0.498. The van der Waals surface area contributed by atoms with Gasteiger partial charge in [0.1, 0.15) is 11.3 Å². The molecule has 0 aliphatic heterocycles. The van der Waals surface area contributed by atoms with Crippen molar-refractivity contribution in [1.29, 1.82) is 0 Å². The molecule has 1 aromatic carbocycles. The summed E-state index contributed by atoms with van der Waals surface area (Å²) in [6.07, 6.45) is -0.214. The largest absolute Gasteiger partial charge is 0.433 e. The normalized spacial score (nSPS) is 14.1. The van der Waals surface area contributed by atoms with Gasteiger partial charge in [-0.05, 0) is 31.4 Å². The summed E-state index contributed by atoms with van der Waals surface area (Å²) in [4.78, 5) is 17.1. The van der Waals surface area contributed by atoms with E-state index in [0.717, 1.165) is 36.2 Å². The van der Waals surface area contributed by atoms with E-state index in [9.17, 15) is 18.0 Å². The molecule has 164 valence electrons. The van der Waals surface area contributed by atoms with Crippen LogP contribution >= 0.6 is 0 Å². The summed E-state index contributed by atoms with van der Waals surface area (Å²) in [6, 6.07) is 10.6. The van der Waals surface area contributed by atoms with Gasteiger partial charge in [0.15, 0.2) is 11.5 Å². The zero-order valence-electron chi connectivity index (χ0n) is 17.1. The van der Waals surface area contributed by atoms with Crippen LogP contribution < -0.4 is 5.32 Å². The van der Waals surface area contributed by atoms with Crippen LogP contribution in [0.15, 0.2) is 48.8 Å². The Hall–Kier alpha value is -3.69. The maximum absolute atomic E-state index is 13.5. The molecule has 3 heterocycles. The van der Waals surface area contributed by atoms with E-state index in [1.807, 2.05) is 31.2 Å². The number of hydrogen-bond acceptors (Lipinski definition) is 4. The molecule has 1 saturated carbocycles. The zero-order chi connectivity index (χ0) is 22.5. The van der Waals surface area contributed by atoms with Crippen LogP contribution in [-0.2, 0) is 12.7 Å². The van der Waals surface area contributed by atoms with Gasteiger partial charge >= 0.3 is 6.18 Å². The second kappa shape index (κ2) is 7.47. The summed E-state index contributed by atoms with van der Waals surface area (Å²) in [7, 11) is 0. The van der Waals surface area contributed by atoms with Crippen molar-refractivity contribution in [3.05, 3.63) is 76.9 Å². The van der Waals surface area contributed by atoms with E-state index >= 15 is 0 Å². The van der Waals surface area contributed by atoms with Crippen LogP contribution in [-0.4, -0.2) is 30.3 Å². The Morgan fingerprint density at radius 2 is 2.03 bits per heavy atom. The lowest BCUT2D eigenvalue weighted by Crippen LogP contribution is -2.16. The fraction of sp³-hybridized carbons (Fsp3) is 0.273. The number of anilines is 1. The van der Waals surface area contributed by atoms with Crippen molar-refractivity contribution in [2.24, 2.45) is 0 Å². The SMILES string of the molecule is Cc1cccc(Cn2ccc(NC(=O)c3cnn4c(C(F)(F)F)cc(C5CC5)nc34)n2)c1. The first-order valence-electron chi connectivity index (χ1n) is 10.1. The van der Waals surface area contributed by atoms with Crippen molar-refractivity contribution in [3.8, 4) is 0 Å². The molecule has 1 fully saturated rings. The molecule has 1 aliphatic rings. The molecule has 0 radical (unpaired) electrons. The number of nitrogens with zero attached hydrogens (tertiary/aromatic N) is 5. The Bertz CT molecular complexity index is 1320. The first-order valence-corrected chi connectivity index (χ1v) is 10.1. The third-order valence-electron chi connectivity index (χ3n) is 5.33. The number of fused-ring (bicyclic) bond motifs is 1. The molecule has 5 rings (SSSR count). The number of carbonyl (C=O) groups is 1. The molecule has 3 aromatic heterocycles. The minimum absolute atomic E-state index is 0.00997. The van der Waals surface area contributed by atoms with Crippen molar-refractivity contribution in [2.75, 3.05) is 5.32 Å². The summed E-state index contributed by atoms with van der Waals surface area (Å²) < 4.78 is 43.0. The van der Waals surface area contributed by atoms with Gasteiger partial charge in [-0.3, -0.25) is 9.48 Å². The van der Waals surface area contributed by atoms with E-state index in [1.54, 1.807) is 16.9 Å². The maximum Gasteiger partial charge on any atom is 0.433 e. The first-order chi connectivity index (χ1) is 15.3. The molecular weight excluding hydrogens is 421 g/mol. The Labute approximate surface area is 180 Å². The molecule has 0 unspecified atom stereocenters. The van der Waals surface area contributed by atoms with Gasteiger partial charge in [-0.25, -0.2) is 9.50 Å². The molecule has 0 saturated heterocycles. The van der Waals surface area contributed by atoms with Gasteiger partial charge in [-0.15, -0.1) is 0 Å². The van der Waals surface area contributed by atoms with Gasteiger partial charge in [-0.1, -0.05) is 29.8 Å². The number of benzene rings is 1. The topological polar surface area (TPSA) is 77.1 Å². The van der Waals surface area contributed by atoms with Crippen LogP contribution in [0.4, 0.5) is 19.0 Å². The predicted octanol–water partition coefficient (Wildman–Crippen LogP) is 4.43. The Kier molecular flexibility index (Phi) is 4.72. The second-order valence-electron chi connectivity index (χ2n) is 7.97. The molecule has 10 heteroatoms. The first kappa shape index (κ1) is 20.2. The number of nitrogens with one attached hydrogen (secondary N) is 1. The van der Waals surface area contributed by atoms with Gasteiger partial charge in [0.2, 0.25) is 0 Å². The van der Waals surface area contributed by atoms with Crippen molar-refractivity contribution < 1.29 is 18.0 Å². The van der Waals surface area contributed by atoms with Crippen LogP contribution in [0.3, 0.4) is 0 Å². The molecule has 7 nitrogen and oxygen atoms in total. The monoisotopic (exact) mass is 440 g/mol. The molecule has 32 heavy (non-hydrogen) atoms. The lowest BCUT2D eigenvalue weighted by molar-refractivity contribution is -0.142. The molecule has 1 N–H and O–H groups in total. The number of aryl methyl sites for hydroxylation is 1. The highest BCUT2D eigenvalue weighted by Crippen LogP contribution is 2.41. The average molecular weight is 440 g/mol. The van der Waals surface area contributed by atoms with Gasteiger partial charge < -0.3 is 5.32 Å². The van der Waals surface area contributed by atoms with Gasteiger partial charge in [0.05, 0.1) is 12.7 Å². The molecule has 1 amide bonds. The van der Waals surface area contributed by atoms with E-state index in [1.165, 1.54) is 0 Å². The standard InChI is InChI=1S/C22H19F3N6O/c1-13-3-2-4-14(9-13)12-30-8-7-19(29-30)28-21(32)16-11-26-31-18(22(23,24)25)10-17(15-5-6-15)27-20(16)31/h2-4,7-11,15H,5-6,12H2,1H3,(H,28,29,32). The van der Waals surface area contributed by atoms with E-state index in [4.69, 9.17) is 0 Å². The Morgan fingerprint density at radius 3 is 2.75 bits per heavy atom. The molecule has 0 bridgehead atoms. The zero-order valence-corrected chi connectivity index (χ0v) is 17.1. The smallest absolute Gasteiger partial charge is 0.305 e. The average Bonchev–Trinajstić information content (AvgIpc) is 3.35. The van der Waals surface area contributed by atoms with Gasteiger partial charge in [0, 0.05) is 23.9 Å². The molecule has 4 aromatic rings. The molecule has 0 spiro atoms. The van der Waals surface area contributed by atoms with Gasteiger partial charge in [-0.2, -0.15) is 23.4 Å². The Morgan fingerprint density at radius 1 is 1.22 bits per heavy atom. The van der Waals surface area contributed by atoms with Crippen molar-refractivity contribution >= 4 is 17.4 Å². The third-order valence-corrected chi connectivity index (χ3v) is 5.33. The third kappa shape index (κ3) is 3.95. The fourth-order valence-corrected chi connectivity index (χ4v) is 3.63. The number of halogens is 3. The molecule has 1 aliphatic carbocycles. The minimum Gasteiger partial charge on any atom is -0.305 e. The van der Waals surface area contributed by atoms with Crippen LogP contribution in [0.1, 0.15) is 51.6 Å². The summed E-state index contributed by atoms with van der Waals surface area (Å²) >= 11 is 0. The van der Waals surface area contributed by atoms with Crippen molar-refractivity contribution in [1.82, 2.24) is 24.4 Å². The van der Waals surface area contributed by atoms with Gasteiger partial charge in [0.25, 0.3) is 5.91 Å². The summed E-state index contributed by atoms with van der Waals surface area (Å²) in [5.41, 5.74) is 1.44. The number of rotatable bonds is 5. The lowest BCUT2D eigenvalue weighted by atomic mass is 10.1. The maximum atomic E-state index is 13.5. The number of amides is 1. The highest BCUT2D eigenvalue weighted by molar-refractivity contribution is 6.07. The lowest BCUT2D eigenvalue weighted by Gasteiger charge is -2.11. The highest BCUT2D eigenvalue weighted by Gasteiger charge is 2.38. The van der Waals surface area contributed by atoms with E-state index in [2.05, 4.69) is 20.5 Å². The number of carbonyl (C=O) groups excluding carboxylic acids is 1. The van der Waals surface area contributed by atoms with E-state index < -0.39 is 17.8 Å². The van der Waals surface area contributed by atoms with Crippen molar-refractivity contribution in [2.45, 2.75) is 38.4 Å². The summed E-state index contributed by atoms with van der Waals surface area (Å²) in [5, 5.41) is 10.8. The fourth-order valence-electron chi connectivity index (χ4n) is 3.63. The van der Waals surface area contributed by atoms with Crippen LogP contribution in [0.5, 0.6) is 0 Å². The van der Waals surface area contributed by atoms with Crippen LogP contribution in [0, 0.1) is 6.92 Å². The van der Waals surface area contributed by atoms with Crippen LogP contribution in [0.2, 0.25) is 0 Å². The molecule has 0 atom stereocenters. The summed E-state index contributed by atoms with van der Waals surface area (Å²) in [6.45, 7) is 2.52. The van der Waals surface area contributed by atoms with E-state index in [-0.39, 0.29) is 22.9 Å². The number of alkyl halides is 3. The minimum atomic E-state index is -4.61. The predicted molar refractivity (Wildman–Crippen MR) is 110 cm³/mol. The van der Waals surface area contributed by atoms with Crippen LogP contribution in [0.25, 0.3) is 5.65 Å². The van der Waals surface area contributed by atoms with Crippen molar-refractivity contribution in [3.63, 3.8) is 0 Å². The van der Waals surface area contributed by atoms with E-state index in [0.29, 0.717) is 16.8 Å².